The van der Waals surface area contributed by atoms with Gasteiger partial charge >= 0.3 is 12.2 Å². The zero-order chi connectivity index (χ0) is 24.0. The highest BCUT2D eigenvalue weighted by Crippen LogP contribution is 2.56. The molecule has 9 nitrogen and oxygen atoms in total. The number of ether oxygens (including phenoxy) is 1. The van der Waals surface area contributed by atoms with E-state index >= 15 is 0 Å². The van der Waals surface area contributed by atoms with Crippen molar-refractivity contribution < 1.29 is 22.7 Å². The first-order valence-corrected chi connectivity index (χ1v) is 12.2. The minimum Gasteiger partial charge on any atom is -0.473 e. The summed E-state index contributed by atoms with van der Waals surface area (Å²) in [4.78, 5) is 20.1. The molecule has 4 heterocycles. The van der Waals surface area contributed by atoms with Crippen LogP contribution in [0.3, 0.4) is 0 Å². The number of halogens is 3. The van der Waals surface area contributed by atoms with Crippen molar-refractivity contribution in [3.63, 3.8) is 0 Å². The quantitative estimate of drug-likeness (QED) is 0.707. The summed E-state index contributed by atoms with van der Waals surface area (Å²) in [7, 11) is 0. The van der Waals surface area contributed by atoms with Gasteiger partial charge in [0, 0.05) is 54.9 Å². The Balaban J connectivity index is 0.840. The lowest BCUT2D eigenvalue weighted by Crippen LogP contribution is -2.71. The van der Waals surface area contributed by atoms with E-state index in [-0.39, 0.29) is 28.8 Å². The molecular weight excluding hydrogens is 463 g/mol. The molecule has 186 valence electrons. The Kier molecular flexibility index (Phi) is 4.32. The molecule has 7 rings (SSSR count). The van der Waals surface area contributed by atoms with Gasteiger partial charge in [0.15, 0.2) is 5.69 Å². The largest absolute Gasteiger partial charge is 0.473 e. The van der Waals surface area contributed by atoms with Gasteiger partial charge in [0.1, 0.15) is 17.8 Å². The van der Waals surface area contributed by atoms with Crippen molar-refractivity contribution >= 4 is 6.03 Å². The fourth-order valence-electron chi connectivity index (χ4n) is 6.40. The van der Waals surface area contributed by atoms with Crippen molar-refractivity contribution in [2.75, 3.05) is 26.2 Å². The lowest BCUT2D eigenvalue weighted by molar-refractivity contribution is -0.142. The van der Waals surface area contributed by atoms with Crippen LogP contribution in [0.4, 0.5) is 18.0 Å². The Morgan fingerprint density at radius 2 is 1.49 bits per heavy atom. The van der Waals surface area contributed by atoms with Gasteiger partial charge in [0.2, 0.25) is 5.88 Å². The van der Waals surface area contributed by atoms with Crippen LogP contribution in [0.25, 0.3) is 0 Å². The second-order valence-corrected chi connectivity index (χ2v) is 11.4. The highest BCUT2D eigenvalue weighted by molar-refractivity contribution is 5.77. The molecule has 5 fully saturated rings. The van der Waals surface area contributed by atoms with Crippen LogP contribution in [0.2, 0.25) is 0 Å². The van der Waals surface area contributed by atoms with Crippen LogP contribution < -0.4 is 4.74 Å². The maximum Gasteiger partial charge on any atom is 0.435 e. The number of alkyl halides is 3. The number of H-pyrrole nitrogens is 1. The van der Waals surface area contributed by atoms with Gasteiger partial charge in [-0.05, 0) is 44.6 Å². The molecule has 5 aliphatic rings. The summed E-state index contributed by atoms with van der Waals surface area (Å²) in [6.45, 7) is 3.04. The van der Waals surface area contributed by atoms with E-state index in [9.17, 15) is 18.0 Å². The van der Waals surface area contributed by atoms with Crippen molar-refractivity contribution in [3.8, 4) is 5.88 Å². The first-order chi connectivity index (χ1) is 16.7. The van der Waals surface area contributed by atoms with Gasteiger partial charge in [-0.3, -0.25) is 0 Å². The zero-order valence-corrected chi connectivity index (χ0v) is 19.1. The van der Waals surface area contributed by atoms with Crippen molar-refractivity contribution in [1.82, 2.24) is 35.2 Å². The van der Waals surface area contributed by atoms with E-state index < -0.39 is 11.9 Å². The molecule has 0 radical (unpaired) electrons. The van der Waals surface area contributed by atoms with Crippen LogP contribution in [0.5, 0.6) is 5.88 Å². The summed E-state index contributed by atoms with van der Waals surface area (Å²) in [5, 5.41) is 15.4. The number of aromatic amines is 1. The maximum atomic E-state index is 12.9. The molecular formula is C23H26F3N7O2. The number of amides is 2. The van der Waals surface area contributed by atoms with Crippen molar-refractivity contribution in [3.05, 3.63) is 29.5 Å². The Morgan fingerprint density at radius 3 is 2.03 bits per heavy atom. The Morgan fingerprint density at radius 1 is 0.886 bits per heavy atom. The molecule has 2 spiro atoms. The molecule has 12 heteroatoms. The van der Waals surface area contributed by atoms with Crippen LogP contribution in [0.1, 0.15) is 67.7 Å². The normalized spacial score (nSPS) is 25.1. The van der Waals surface area contributed by atoms with Gasteiger partial charge in [-0.1, -0.05) is 0 Å². The molecule has 2 aromatic rings. The van der Waals surface area contributed by atoms with Crippen molar-refractivity contribution in [2.45, 2.75) is 62.6 Å². The number of aromatic nitrogens is 5. The summed E-state index contributed by atoms with van der Waals surface area (Å²) in [5.74, 6) is 3.16. The van der Waals surface area contributed by atoms with E-state index in [1.807, 2.05) is 9.80 Å². The van der Waals surface area contributed by atoms with E-state index in [2.05, 4.69) is 25.4 Å². The number of hydrogen-bond acceptors (Lipinski definition) is 6. The van der Waals surface area contributed by atoms with Crippen molar-refractivity contribution in [1.29, 1.82) is 0 Å². The maximum absolute atomic E-state index is 12.9. The fraction of sp³-hybridized carbons (Fsp3) is 0.696. The summed E-state index contributed by atoms with van der Waals surface area (Å²) in [6.07, 6.45) is 1.46. The molecule has 0 aromatic carbocycles. The average Bonchev–Trinajstić information content (AvgIpc) is 3.44. The van der Waals surface area contributed by atoms with Gasteiger partial charge in [0.25, 0.3) is 0 Å². The van der Waals surface area contributed by atoms with E-state index in [1.165, 1.54) is 18.9 Å². The number of nitrogens with one attached hydrogen (secondary N) is 1. The van der Waals surface area contributed by atoms with Gasteiger partial charge in [-0.25, -0.2) is 4.79 Å². The molecule has 2 saturated heterocycles. The Bertz CT molecular complexity index is 1130. The highest BCUT2D eigenvalue weighted by Gasteiger charge is 2.59. The first-order valence-electron chi connectivity index (χ1n) is 12.2. The lowest BCUT2D eigenvalue weighted by atomic mass is 9.57. The number of likely N-dealkylation sites (tertiary alicyclic amines) is 2. The standard InChI is InChI=1S/C23H26F3N7O2/c24-23(25,26)16-3-4-17(29-28-16)35-15-7-22(8-15)11-33(12-22)20(34)32-9-21(10-32)5-14(6-21)19-27-18(30-31-19)13-1-2-13/h3-4,13-15H,1-2,5-12H2,(H,27,30,31). The minimum absolute atomic E-state index is 0.0648. The van der Waals surface area contributed by atoms with Crippen LogP contribution in [-0.4, -0.2) is 73.5 Å². The summed E-state index contributed by atoms with van der Waals surface area (Å²) in [5.41, 5.74) is -0.725. The van der Waals surface area contributed by atoms with Crippen LogP contribution >= 0.6 is 0 Å². The van der Waals surface area contributed by atoms with Crippen LogP contribution in [0, 0.1) is 10.8 Å². The average molecular weight is 490 g/mol. The Labute approximate surface area is 199 Å². The number of rotatable bonds is 4. The minimum atomic E-state index is -4.51. The SMILES string of the molecule is O=C(N1CC2(CC(Oc3ccc(C(F)(F)F)nn3)C2)C1)N1CC2(CC(c3nnc(C4CC4)[nH]3)C2)C1. The molecule has 2 aliphatic heterocycles. The number of carbonyl (C=O) groups excluding carboxylic acids is 1. The van der Waals surface area contributed by atoms with E-state index in [0.717, 1.165) is 56.5 Å². The third kappa shape index (κ3) is 3.63. The summed E-state index contributed by atoms with van der Waals surface area (Å²) in [6, 6.07) is 2.19. The van der Waals surface area contributed by atoms with E-state index in [1.54, 1.807) is 0 Å². The van der Waals surface area contributed by atoms with Gasteiger partial charge in [-0.2, -0.15) is 13.2 Å². The molecule has 0 unspecified atom stereocenters. The van der Waals surface area contributed by atoms with Crippen LogP contribution in [0.15, 0.2) is 12.1 Å². The Hall–Kier alpha value is -2.92. The summed E-state index contributed by atoms with van der Waals surface area (Å²) >= 11 is 0. The fourth-order valence-corrected chi connectivity index (χ4v) is 6.40. The number of carbonyl (C=O) groups is 1. The second kappa shape index (κ2) is 7.07. The zero-order valence-electron chi connectivity index (χ0n) is 19.1. The molecule has 3 saturated carbocycles. The second-order valence-electron chi connectivity index (χ2n) is 11.4. The van der Waals surface area contributed by atoms with Gasteiger partial charge < -0.3 is 19.5 Å². The molecule has 0 bridgehead atoms. The number of nitrogens with zero attached hydrogens (tertiary/aromatic N) is 6. The molecule has 2 aromatic heterocycles. The van der Waals surface area contributed by atoms with Gasteiger partial charge in [0.05, 0.1) is 0 Å². The summed E-state index contributed by atoms with van der Waals surface area (Å²) < 4.78 is 43.5. The molecule has 3 aliphatic carbocycles. The third-order valence-electron chi connectivity index (χ3n) is 8.42. The third-order valence-corrected chi connectivity index (χ3v) is 8.42. The molecule has 0 atom stereocenters. The predicted molar refractivity (Wildman–Crippen MR) is 114 cm³/mol. The molecule has 2 amide bonds. The number of urea groups is 1. The molecule has 1 N–H and O–H groups in total. The molecule has 35 heavy (non-hydrogen) atoms. The monoisotopic (exact) mass is 489 g/mol. The van der Waals surface area contributed by atoms with Crippen molar-refractivity contribution in [2.24, 2.45) is 10.8 Å². The topological polar surface area (TPSA) is 100 Å². The van der Waals surface area contributed by atoms with E-state index in [4.69, 9.17) is 4.74 Å². The number of hydrogen-bond donors (Lipinski definition) is 1. The lowest BCUT2D eigenvalue weighted by Gasteiger charge is -2.62. The first kappa shape index (κ1) is 21.4. The smallest absolute Gasteiger partial charge is 0.435 e. The highest BCUT2D eigenvalue weighted by atomic mass is 19.4. The predicted octanol–water partition coefficient (Wildman–Crippen LogP) is 3.33. The van der Waals surface area contributed by atoms with Crippen LogP contribution in [-0.2, 0) is 6.18 Å². The van der Waals surface area contributed by atoms with E-state index in [0.29, 0.717) is 24.9 Å². The van der Waals surface area contributed by atoms with Gasteiger partial charge in [-0.15, -0.1) is 20.4 Å².